The first-order chi connectivity index (χ1) is 8.42. The molecule has 6 nitrogen and oxygen atoms in total. The van der Waals surface area contributed by atoms with Gasteiger partial charge in [-0.1, -0.05) is 0 Å². The number of methoxy groups -OCH3 is 1. The fourth-order valence-corrected chi connectivity index (χ4v) is 1.83. The number of nitrogens with zero attached hydrogens (tertiary/aromatic N) is 2. The van der Waals surface area contributed by atoms with Crippen molar-refractivity contribution in [1.82, 2.24) is 9.78 Å². The molecule has 1 rings (SSSR count). The van der Waals surface area contributed by atoms with Crippen LogP contribution >= 0.6 is 0 Å². The van der Waals surface area contributed by atoms with Crippen molar-refractivity contribution < 1.29 is 19.1 Å². The van der Waals surface area contributed by atoms with Crippen molar-refractivity contribution in [2.75, 3.05) is 7.11 Å². The summed E-state index contributed by atoms with van der Waals surface area (Å²) in [5, 5.41) is 4.19. The summed E-state index contributed by atoms with van der Waals surface area (Å²) in [5.41, 5.74) is 1.68. The Bertz CT molecular complexity index is 502. The Labute approximate surface area is 105 Å². The molecular weight excluding hydrogens is 236 g/mol. The maximum absolute atomic E-state index is 12.0. The summed E-state index contributed by atoms with van der Waals surface area (Å²) in [6, 6.07) is 0. The van der Waals surface area contributed by atoms with Gasteiger partial charge in [0.25, 0.3) is 0 Å². The number of Topliss-reactive ketones (excluding diaryl/α,β-unsaturated/α-hetero) is 2. The molecule has 1 aromatic heterocycles. The van der Waals surface area contributed by atoms with Crippen LogP contribution in [0, 0.1) is 13.8 Å². The number of ether oxygens (including phenoxy) is 1. The third-order valence-electron chi connectivity index (χ3n) is 2.69. The van der Waals surface area contributed by atoms with Crippen LogP contribution in [0.15, 0.2) is 0 Å². The van der Waals surface area contributed by atoms with Gasteiger partial charge >= 0.3 is 5.97 Å². The summed E-state index contributed by atoms with van der Waals surface area (Å²) >= 11 is 0. The van der Waals surface area contributed by atoms with Gasteiger partial charge in [-0.2, -0.15) is 5.10 Å². The molecule has 98 valence electrons. The number of hydrogen-bond donors (Lipinski definition) is 0. The standard InChI is InChI=1S/C12H16N2O4/c1-5-14-8(3)11(7(2)13-14)9(15)6-10(16)12(17)18-4/h5-6H2,1-4H3. The van der Waals surface area contributed by atoms with Gasteiger partial charge in [0.15, 0.2) is 5.78 Å². The number of rotatable bonds is 5. The molecule has 0 saturated heterocycles. The first kappa shape index (κ1) is 14.1. The summed E-state index contributed by atoms with van der Waals surface area (Å²) in [7, 11) is 1.11. The third-order valence-corrected chi connectivity index (χ3v) is 2.69. The van der Waals surface area contributed by atoms with Crippen molar-refractivity contribution in [3.8, 4) is 0 Å². The topological polar surface area (TPSA) is 78.3 Å². The molecule has 0 aliphatic carbocycles. The molecule has 0 bridgehead atoms. The largest absolute Gasteiger partial charge is 0.463 e. The SMILES string of the molecule is CCn1nc(C)c(C(=O)CC(=O)C(=O)OC)c1C. The molecule has 0 aromatic carbocycles. The third kappa shape index (κ3) is 2.64. The van der Waals surface area contributed by atoms with Gasteiger partial charge in [0.1, 0.15) is 0 Å². The number of esters is 1. The second kappa shape index (κ2) is 5.57. The molecule has 0 saturated carbocycles. The Morgan fingerprint density at radius 2 is 1.89 bits per heavy atom. The maximum Gasteiger partial charge on any atom is 0.374 e. The highest BCUT2D eigenvalue weighted by atomic mass is 16.5. The second-order valence-corrected chi connectivity index (χ2v) is 3.88. The summed E-state index contributed by atoms with van der Waals surface area (Å²) in [5.74, 6) is -2.24. The summed E-state index contributed by atoms with van der Waals surface area (Å²) in [4.78, 5) is 34.3. The van der Waals surface area contributed by atoms with Gasteiger partial charge in [-0.3, -0.25) is 14.3 Å². The van der Waals surface area contributed by atoms with E-state index in [9.17, 15) is 14.4 Å². The van der Waals surface area contributed by atoms with E-state index in [-0.39, 0.29) is 0 Å². The van der Waals surface area contributed by atoms with Crippen LogP contribution in [0.4, 0.5) is 0 Å². The van der Waals surface area contributed by atoms with E-state index in [1.807, 2.05) is 6.92 Å². The monoisotopic (exact) mass is 252 g/mol. The van der Waals surface area contributed by atoms with E-state index < -0.39 is 24.0 Å². The lowest BCUT2D eigenvalue weighted by Gasteiger charge is -2.01. The summed E-state index contributed by atoms with van der Waals surface area (Å²) in [6.07, 6.45) is -0.482. The lowest BCUT2D eigenvalue weighted by Crippen LogP contribution is -2.20. The molecule has 1 aromatic rings. The first-order valence-electron chi connectivity index (χ1n) is 5.60. The highest BCUT2D eigenvalue weighted by Gasteiger charge is 2.24. The molecule has 0 amide bonds. The van der Waals surface area contributed by atoms with Crippen molar-refractivity contribution in [2.24, 2.45) is 0 Å². The van der Waals surface area contributed by atoms with Gasteiger partial charge in [-0.15, -0.1) is 0 Å². The van der Waals surface area contributed by atoms with Crippen LogP contribution in [0.3, 0.4) is 0 Å². The number of aryl methyl sites for hydroxylation is 2. The van der Waals surface area contributed by atoms with E-state index >= 15 is 0 Å². The maximum atomic E-state index is 12.0. The Balaban J connectivity index is 2.95. The van der Waals surface area contributed by atoms with Crippen LogP contribution in [0.25, 0.3) is 0 Å². The van der Waals surface area contributed by atoms with Gasteiger partial charge in [-0.25, -0.2) is 4.79 Å². The molecule has 0 atom stereocenters. The van der Waals surface area contributed by atoms with E-state index in [2.05, 4.69) is 9.84 Å². The van der Waals surface area contributed by atoms with Crippen LogP contribution in [-0.2, 0) is 20.9 Å². The van der Waals surface area contributed by atoms with Gasteiger partial charge in [-0.05, 0) is 20.8 Å². The Hall–Kier alpha value is -1.98. The number of carbonyl (C=O) groups excluding carboxylic acids is 3. The molecule has 0 N–H and O–H groups in total. The van der Waals surface area contributed by atoms with Gasteiger partial charge < -0.3 is 4.74 Å². The average molecular weight is 252 g/mol. The quantitative estimate of drug-likeness (QED) is 0.336. The highest BCUT2D eigenvalue weighted by molar-refractivity contribution is 6.38. The lowest BCUT2D eigenvalue weighted by molar-refractivity contribution is -0.151. The van der Waals surface area contributed by atoms with E-state index in [1.54, 1.807) is 18.5 Å². The molecule has 0 spiro atoms. The average Bonchev–Trinajstić information content (AvgIpc) is 2.62. The fourth-order valence-electron chi connectivity index (χ4n) is 1.83. The Morgan fingerprint density at radius 3 is 2.33 bits per heavy atom. The highest BCUT2D eigenvalue weighted by Crippen LogP contribution is 2.15. The van der Waals surface area contributed by atoms with Crippen molar-refractivity contribution in [1.29, 1.82) is 0 Å². The summed E-state index contributed by atoms with van der Waals surface area (Å²) in [6.45, 7) is 6.02. The number of ketones is 2. The van der Waals surface area contributed by atoms with E-state index in [0.717, 1.165) is 7.11 Å². The number of hydrogen-bond acceptors (Lipinski definition) is 5. The molecule has 6 heteroatoms. The number of carbonyl (C=O) groups is 3. The molecule has 18 heavy (non-hydrogen) atoms. The van der Waals surface area contributed by atoms with E-state index in [1.165, 1.54) is 0 Å². The van der Waals surface area contributed by atoms with Crippen LogP contribution in [0.5, 0.6) is 0 Å². The molecule has 0 unspecified atom stereocenters. The van der Waals surface area contributed by atoms with E-state index in [0.29, 0.717) is 23.5 Å². The Morgan fingerprint density at radius 1 is 1.28 bits per heavy atom. The normalized spacial score (nSPS) is 10.2. The van der Waals surface area contributed by atoms with Crippen LogP contribution in [0.1, 0.15) is 35.1 Å². The van der Waals surface area contributed by atoms with Crippen LogP contribution in [-0.4, -0.2) is 34.4 Å². The van der Waals surface area contributed by atoms with Crippen molar-refractivity contribution in [3.63, 3.8) is 0 Å². The van der Waals surface area contributed by atoms with Crippen LogP contribution < -0.4 is 0 Å². The minimum Gasteiger partial charge on any atom is -0.463 e. The Kier molecular flexibility index (Phi) is 4.36. The van der Waals surface area contributed by atoms with Crippen molar-refractivity contribution in [2.45, 2.75) is 33.7 Å². The molecular formula is C12H16N2O4. The predicted octanol–water partition coefficient (Wildman–Crippen LogP) is 0.835. The second-order valence-electron chi connectivity index (χ2n) is 3.88. The molecule has 0 fully saturated rings. The van der Waals surface area contributed by atoms with Crippen molar-refractivity contribution >= 4 is 17.5 Å². The molecule has 0 aliphatic rings. The van der Waals surface area contributed by atoms with Crippen molar-refractivity contribution in [3.05, 3.63) is 17.0 Å². The van der Waals surface area contributed by atoms with Crippen LogP contribution in [0.2, 0.25) is 0 Å². The first-order valence-corrected chi connectivity index (χ1v) is 5.60. The smallest absolute Gasteiger partial charge is 0.374 e. The number of aromatic nitrogens is 2. The van der Waals surface area contributed by atoms with Gasteiger partial charge in [0, 0.05) is 12.2 Å². The van der Waals surface area contributed by atoms with Gasteiger partial charge in [0.05, 0.1) is 24.8 Å². The lowest BCUT2D eigenvalue weighted by atomic mass is 10.0. The minimum absolute atomic E-state index is 0.403. The zero-order chi connectivity index (χ0) is 13.9. The zero-order valence-corrected chi connectivity index (χ0v) is 10.9. The molecule has 0 aliphatic heterocycles. The molecule has 0 radical (unpaired) electrons. The zero-order valence-electron chi connectivity index (χ0n) is 10.9. The minimum atomic E-state index is -0.999. The van der Waals surface area contributed by atoms with E-state index in [4.69, 9.17) is 0 Å². The summed E-state index contributed by atoms with van der Waals surface area (Å²) < 4.78 is 5.96. The predicted molar refractivity (Wildman–Crippen MR) is 63.3 cm³/mol. The van der Waals surface area contributed by atoms with Gasteiger partial charge in [0.2, 0.25) is 5.78 Å². The molecule has 1 heterocycles. The fraction of sp³-hybridized carbons (Fsp3) is 0.500.